The molecule has 0 spiro atoms. The average Bonchev–Trinajstić information content (AvgIpc) is 2.37. The van der Waals surface area contributed by atoms with Crippen LogP contribution in [-0.2, 0) is 0 Å². The van der Waals surface area contributed by atoms with Crippen molar-refractivity contribution in [1.82, 2.24) is 9.97 Å². The van der Waals surface area contributed by atoms with Crippen LogP contribution < -0.4 is 10.2 Å². The van der Waals surface area contributed by atoms with E-state index >= 15 is 0 Å². The predicted octanol–water partition coefficient (Wildman–Crippen LogP) is 2.92. The molecule has 5 heteroatoms. The van der Waals surface area contributed by atoms with Crippen LogP contribution in [-0.4, -0.2) is 30.1 Å². The number of hydrogen-bond donors (Lipinski definition) is 1. The first-order valence-corrected chi connectivity index (χ1v) is 6.56. The van der Waals surface area contributed by atoms with Crippen LogP contribution in [0.3, 0.4) is 0 Å². The maximum atomic E-state index is 13.7. The highest BCUT2D eigenvalue weighted by molar-refractivity contribution is 5.43. The van der Waals surface area contributed by atoms with E-state index in [0.717, 1.165) is 25.9 Å². The Labute approximate surface area is 109 Å². The van der Waals surface area contributed by atoms with Crippen molar-refractivity contribution >= 4 is 11.8 Å². The molecule has 1 aromatic heterocycles. The van der Waals surface area contributed by atoms with Gasteiger partial charge in [-0.1, -0.05) is 27.2 Å². The van der Waals surface area contributed by atoms with Gasteiger partial charge in [0.2, 0.25) is 5.95 Å². The molecular weight excluding hydrogens is 231 g/mol. The standard InChI is InChI=1S/C13H23FN4/c1-5-7-15-13-16-8-11(14)12(17-13)18(4)9-10(3)6-2/h8,10H,5-7,9H2,1-4H3,(H,15,16,17). The number of hydrogen-bond acceptors (Lipinski definition) is 4. The highest BCUT2D eigenvalue weighted by Crippen LogP contribution is 2.17. The minimum atomic E-state index is -0.372. The molecule has 0 saturated heterocycles. The Balaban J connectivity index is 2.79. The predicted molar refractivity (Wildman–Crippen MR) is 73.5 cm³/mol. The largest absolute Gasteiger partial charge is 0.357 e. The van der Waals surface area contributed by atoms with E-state index in [2.05, 4.69) is 36.1 Å². The number of anilines is 2. The SMILES string of the molecule is CCCNc1ncc(F)c(N(C)CC(C)CC)n1. The summed E-state index contributed by atoms with van der Waals surface area (Å²) in [5, 5.41) is 3.07. The van der Waals surface area contributed by atoms with Crippen LogP contribution in [0.2, 0.25) is 0 Å². The summed E-state index contributed by atoms with van der Waals surface area (Å²) >= 11 is 0. The molecule has 1 unspecified atom stereocenters. The summed E-state index contributed by atoms with van der Waals surface area (Å²) in [5.41, 5.74) is 0. The number of halogens is 1. The van der Waals surface area contributed by atoms with Crippen molar-refractivity contribution in [2.75, 3.05) is 30.4 Å². The fourth-order valence-electron chi connectivity index (χ4n) is 1.63. The third kappa shape index (κ3) is 4.13. The third-order valence-electron chi connectivity index (χ3n) is 2.90. The minimum Gasteiger partial charge on any atom is -0.357 e. The first-order valence-electron chi connectivity index (χ1n) is 6.56. The zero-order valence-corrected chi connectivity index (χ0v) is 11.7. The Bertz CT molecular complexity index is 370. The summed E-state index contributed by atoms with van der Waals surface area (Å²) in [6.07, 6.45) is 3.28. The van der Waals surface area contributed by atoms with Gasteiger partial charge in [0.05, 0.1) is 6.20 Å². The fourth-order valence-corrected chi connectivity index (χ4v) is 1.63. The Morgan fingerprint density at radius 2 is 2.17 bits per heavy atom. The molecule has 1 heterocycles. The lowest BCUT2D eigenvalue weighted by Crippen LogP contribution is -2.26. The number of nitrogens with zero attached hydrogens (tertiary/aromatic N) is 3. The van der Waals surface area contributed by atoms with Crippen LogP contribution in [0.1, 0.15) is 33.6 Å². The number of nitrogens with one attached hydrogen (secondary N) is 1. The minimum absolute atomic E-state index is 0.365. The normalized spacial score (nSPS) is 12.3. The van der Waals surface area contributed by atoms with Crippen molar-refractivity contribution in [2.45, 2.75) is 33.6 Å². The van der Waals surface area contributed by atoms with Crippen molar-refractivity contribution in [2.24, 2.45) is 5.92 Å². The first kappa shape index (κ1) is 14.7. The van der Waals surface area contributed by atoms with Crippen molar-refractivity contribution in [1.29, 1.82) is 0 Å². The summed E-state index contributed by atoms with van der Waals surface area (Å²) < 4.78 is 13.7. The van der Waals surface area contributed by atoms with Gasteiger partial charge < -0.3 is 10.2 Å². The van der Waals surface area contributed by atoms with Crippen LogP contribution in [0.25, 0.3) is 0 Å². The molecular formula is C13H23FN4. The maximum absolute atomic E-state index is 13.7. The van der Waals surface area contributed by atoms with Crippen molar-refractivity contribution < 1.29 is 4.39 Å². The molecule has 1 aromatic rings. The second-order valence-corrected chi connectivity index (χ2v) is 4.69. The van der Waals surface area contributed by atoms with Gasteiger partial charge in [0.15, 0.2) is 11.6 Å². The van der Waals surface area contributed by atoms with Crippen LogP contribution >= 0.6 is 0 Å². The van der Waals surface area contributed by atoms with Gasteiger partial charge in [0, 0.05) is 20.1 Å². The van der Waals surface area contributed by atoms with Crippen molar-refractivity contribution in [3.05, 3.63) is 12.0 Å². The lowest BCUT2D eigenvalue weighted by atomic mass is 10.1. The third-order valence-corrected chi connectivity index (χ3v) is 2.90. The molecule has 0 amide bonds. The van der Waals surface area contributed by atoms with Crippen LogP contribution in [0, 0.1) is 11.7 Å². The molecule has 0 aliphatic rings. The van der Waals surface area contributed by atoms with Crippen LogP contribution in [0.4, 0.5) is 16.2 Å². The molecule has 4 nitrogen and oxygen atoms in total. The lowest BCUT2D eigenvalue weighted by Gasteiger charge is -2.22. The van der Waals surface area contributed by atoms with Gasteiger partial charge in [-0.15, -0.1) is 0 Å². The zero-order valence-electron chi connectivity index (χ0n) is 11.7. The number of aromatic nitrogens is 2. The second kappa shape index (κ2) is 7.13. The van der Waals surface area contributed by atoms with Crippen molar-refractivity contribution in [3.8, 4) is 0 Å². The molecule has 1 N–H and O–H groups in total. The second-order valence-electron chi connectivity index (χ2n) is 4.69. The zero-order chi connectivity index (χ0) is 13.5. The average molecular weight is 254 g/mol. The van der Waals surface area contributed by atoms with E-state index in [-0.39, 0.29) is 5.82 Å². The van der Waals surface area contributed by atoms with Gasteiger partial charge in [0.1, 0.15) is 0 Å². The molecule has 18 heavy (non-hydrogen) atoms. The van der Waals surface area contributed by atoms with E-state index < -0.39 is 0 Å². The Morgan fingerprint density at radius 3 is 2.78 bits per heavy atom. The van der Waals surface area contributed by atoms with E-state index in [1.807, 2.05) is 11.9 Å². The maximum Gasteiger partial charge on any atom is 0.224 e. The highest BCUT2D eigenvalue weighted by atomic mass is 19.1. The first-order chi connectivity index (χ1) is 8.58. The Morgan fingerprint density at radius 1 is 1.44 bits per heavy atom. The van der Waals surface area contributed by atoms with Gasteiger partial charge in [-0.3, -0.25) is 0 Å². The Kier molecular flexibility index (Phi) is 5.82. The van der Waals surface area contributed by atoms with Gasteiger partial charge in [0.25, 0.3) is 0 Å². The molecule has 0 saturated carbocycles. The fraction of sp³-hybridized carbons (Fsp3) is 0.692. The summed E-state index contributed by atoms with van der Waals surface area (Å²) in [7, 11) is 1.86. The molecule has 0 aliphatic carbocycles. The van der Waals surface area contributed by atoms with E-state index in [1.165, 1.54) is 6.20 Å². The lowest BCUT2D eigenvalue weighted by molar-refractivity contribution is 0.544. The summed E-state index contributed by atoms with van der Waals surface area (Å²) in [6, 6.07) is 0. The van der Waals surface area contributed by atoms with E-state index in [0.29, 0.717) is 17.7 Å². The molecule has 1 rings (SSSR count). The molecule has 0 radical (unpaired) electrons. The molecule has 0 fully saturated rings. The molecule has 0 aromatic carbocycles. The van der Waals surface area contributed by atoms with E-state index in [1.54, 1.807) is 0 Å². The quantitative estimate of drug-likeness (QED) is 0.812. The van der Waals surface area contributed by atoms with Crippen LogP contribution in [0.15, 0.2) is 6.20 Å². The molecule has 0 aliphatic heterocycles. The smallest absolute Gasteiger partial charge is 0.224 e. The van der Waals surface area contributed by atoms with Gasteiger partial charge in [-0.25, -0.2) is 9.37 Å². The molecule has 102 valence electrons. The monoisotopic (exact) mass is 254 g/mol. The summed E-state index contributed by atoms with van der Waals surface area (Å²) in [6.45, 7) is 7.92. The van der Waals surface area contributed by atoms with Crippen molar-refractivity contribution in [3.63, 3.8) is 0 Å². The topological polar surface area (TPSA) is 41.1 Å². The van der Waals surface area contributed by atoms with E-state index in [9.17, 15) is 4.39 Å². The molecule has 0 bridgehead atoms. The number of rotatable bonds is 7. The van der Waals surface area contributed by atoms with Gasteiger partial charge in [-0.05, 0) is 12.3 Å². The highest BCUT2D eigenvalue weighted by Gasteiger charge is 2.13. The Hall–Kier alpha value is -1.39. The van der Waals surface area contributed by atoms with Gasteiger partial charge in [-0.2, -0.15) is 4.98 Å². The van der Waals surface area contributed by atoms with E-state index in [4.69, 9.17) is 0 Å². The van der Waals surface area contributed by atoms with Gasteiger partial charge >= 0.3 is 0 Å². The summed E-state index contributed by atoms with van der Waals surface area (Å²) in [4.78, 5) is 10.0. The summed E-state index contributed by atoms with van der Waals surface area (Å²) in [5.74, 6) is 0.993. The molecule has 1 atom stereocenters. The van der Waals surface area contributed by atoms with Crippen LogP contribution in [0.5, 0.6) is 0 Å².